The molecule has 3 aromatic rings. The standard InChI is InChI=1S/C21H19F2N3O2/c1-13(2)28-18-9-4-3-8-17(18)25-21(27)14-10-11-24-19(12-14)26-20-15(22)6-5-7-16(20)23/h3-13H,1-2H3,(H,24,26)(H,25,27). The van der Waals surface area contributed by atoms with Gasteiger partial charge >= 0.3 is 0 Å². The Morgan fingerprint density at radius 2 is 1.75 bits per heavy atom. The number of aromatic nitrogens is 1. The van der Waals surface area contributed by atoms with Gasteiger partial charge in [0.25, 0.3) is 5.91 Å². The molecule has 144 valence electrons. The molecular formula is C21H19F2N3O2. The molecule has 0 spiro atoms. The zero-order valence-electron chi connectivity index (χ0n) is 15.4. The number of hydrogen-bond acceptors (Lipinski definition) is 4. The second-order valence-electron chi connectivity index (χ2n) is 6.27. The lowest BCUT2D eigenvalue weighted by Crippen LogP contribution is -2.15. The Balaban J connectivity index is 1.80. The summed E-state index contributed by atoms with van der Waals surface area (Å²) in [6, 6.07) is 13.5. The molecule has 0 radical (unpaired) electrons. The maximum absolute atomic E-state index is 13.8. The van der Waals surface area contributed by atoms with Crippen LogP contribution in [-0.2, 0) is 0 Å². The number of ether oxygens (including phenoxy) is 1. The number of nitrogens with zero attached hydrogens (tertiary/aromatic N) is 1. The van der Waals surface area contributed by atoms with Gasteiger partial charge in [-0.1, -0.05) is 18.2 Å². The number of rotatable bonds is 6. The van der Waals surface area contributed by atoms with Crippen molar-refractivity contribution in [2.45, 2.75) is 20.0 Å². The van der Waals surface area contributed by atoms with Crippen molar-refractivity contribution in [3.63, 3.8) is 0 Å². The first kappa shape index (κ1) is 19.3. The number of para-hydroxylation sites is 3. The maximum atomic E-state index is 13.8. The summed E-state index contributed by atoms with van der Waals surface area (Å²) in [5.41, 5.74) is 0.463. The Morgan fingerprint density at radius 1 is 1.04 bits per heavy atom. The van der Waals surface area contributed by atoms with E-state index in [-0.39, 0.29) is 23.2 Å². The summed E-state index contributed by atoms with van der Waals surface area (Å²) in [6.45, 7) is 3.78. The molecule has 0 bridgehead atoms. The molecule has 28 heavy (non-hydrogen) atoms. The van der Waals surface area contributed by atoms with Crippen LogP contribution in [0.25, 0.3) is 0 Å². The van der Waals surface area contributed by atoms with Gasteiger partial charge in [-0.25, -0.2) is 13.8 Å². The van der Waals surface area contributed by atoms with Crippen LogP contribution in [0.2, 0.25) is 0 Å². The molecule has 1 heterocycles. The summed E-state index contributed by atoms with van der Waals surface area (Å²) >= 11 is 0. The first-order valence-electron chi connectivity index (χ1n) is 8.68. The van der Waals surface area contributed by atoms with Crippen LogP contribution in [0.3, 0.4) is 0 Å². The minimum atomic E-state index is -0.753. The minimum Gasteiger partial charge on any atom is -0.489 e. The largest absolute Gasteiger partial charge is 0.489 e. The number of nitrogens with one attached hydrogen (secondary N) is 2. The fraction of sp³-hybridized carbons (Fsp3) is 0.143. The van der Waals surface area contributed by atoms with E-state index in [1.807, 2.05) is 19.9 Å². The molecule has 0 saturated carbocycles. The van der Waals surface area contributed by atoms with Crippen molar-refractivity contribution in [2.24, 2.45) is 0 Å². The van der Waals surface area contributed by atoms with Crippen molar-refractivity contribution in [1.29, 1.82) is 0 Å². The Hall–Kier alpha value is -3.48. The molecule has 0 unspecified atom stereocenters. The van der Waals surface area contributed by atoms with Crippen molar-refractivity contribution in [3.8, 4) is 5.75 Å². The van der Waals surface area contributed by atoms with Gasteiger partial charge in [0.15, 0.2) is 0 Å². The van der Waals surface area contributed by atoms with E-state index in [1.54, 1.807) is 18.2 Å². The molecule has 0 atom stereocenters. The van der Waals surface area contributed by atoms with Gasteiger partial charge in [0.1, 0.15) is 28.9 Å². The first-order valence-corrected chi connectivity index (χ1v) is 8.68. The van der Waals surface area contributed by atoms with E-state index in [9.17, 15) is 13.6 Å². The number of carbonyl (C=O) groups excluding carboxylic acids is 1. The van der Waals surface area contributed by atoms with Gasteiger partial charge < -0.3 is 15.4 Å². The predicted molar refractivity (Wildman–Crippen MR) is 104 cm³/mol. The first-order chi connectivity index (χ1) is 13.4. The third-order valence-electron chi connectivity index (χ3n) is 3.74. The lowest BCUT2D eigenvalue weighted by molar-refractivity contribution is 0.102. The van der Waals surface area contributed by atoms with Crippen LogP contribution < -0.4 is 15.4 Å². The average Bonchev–Trinajstić information content (AvgIpc) is 2.66. The number of amides is 1. The van der Waals surface area contributed by atoms with Crippen LogP contribution in [0.4, 0.5) is 26.0 Å². The fourth-order valence-corrected chi connectivity index (χ4v) is 2.51. The van der Waals surface area contributed by atoms with Crippen LogP contribution in [0.5, 0.6) is 5.75 Å². The molecule has 1 aromatic heterocycles. The molecule has 0 aliphatic heterocycles. The van der Waals surface area contributed by atoms with E-state index >= 15 is 0 Å². The Labute approximate surface area is 161 Å². The van der Waals surface area contributed by atoms with Crippen molar-refractivity contribution in [3.05, 3.63) is 78.0 Å². The smallest absolute Gasteiger partial charge is 0.255 e. The van der Waals surface area contributed by atoms with Gasteiger partial charge in [0, 0.05) is 11.8 Å². The van der Waals surface area contributed by atoms with Gasteiger partial charge in [-0.05, 0) is 50.2 Å². The van der Waals surface area contributed by atoms with Gasteiger partial charge in [-0.2, -0.15) is 0 Å². The Kier molecular flexibility index (Phi) is 5.84. The number of hydrogen-bond donors (Lipinski definition) is 2. The van der Waals surface area contributed by atoms with Gasteiger partial charge in [-0.3, -0.25) is 4.79 Å². The predicted octanol–water partition coefficient (Wildman–Crippen LogP) is 5.14. The number of anilines is 3. The lowest BCUT2D eigenvalue weighted by atomic mass is 10.2. The van der Waals surface area contributed by atoms with E-state index in [2.05, 4.69) is 15.6 Å². The van der Waals surface area contributed by atoms with Crippen LogP contribution in [0.1, 0.15) is 24.2 Å². The molecule has 5 nitrogen and oxygen atoms in total. The van der Waals surface area contributed by atoms with E-state index < -0.39 is 17.5 Å². The van der Waals surface area contributed by atoms with Crippen molar-refractivity contribution in [2.75, 3.05) is 10.6 Å². The molecule has 1 amide bonds. The summed E-state index contributed by atoms with van der Waals surface area (Å²) in [6.07, 6.45) is 1.33. The van der Waals surface area contributed by atoms with Crippen LogP contribution in [0, 0.1) is 11.6 Å². The molecule has 3 rings (SSSR count). The van der Waals surface area contributed by atoms with E-state index in [4.69, 9.17) is 4.74 Å². The van der Waals surface area contributed by atoms with E-state index in [0.717, 1.165) is 12.1 Å². The normalized spacial score (nSPS) is 10.6. The third-order valence-corrected chi connectivity index (χ3v) is 3.74. The highest BCUT2D eigenvalue weighted by molar-refractivity contribution is 6.05. The molecular weight excluding hydrogens is 364 g/mol. The molecule has 0 aliphatic carbocycles. The zero-order valence-corrected chi connectivity index (χ0v) is 15.4. The van der Waals surface area contributed by atoms with Crippen LogP contribution >= 0.6 is 0 Å². The third kappa shape index (κ3) is 4.62. The molecule has 2 aromatic carbocycles. The van der Waals surface area contributed by atoms with Crippen LogP contribution in [-0.4, -0.2) is 17.0 Å². The highest BCUT2D eigenvalue weighted by atomic mass is 19.1. The minimum absolute atomic E-state index is 0.0505. The second-order valence-corrected chi connectivity index (χ2v) is 6.27. The van der Waals surface area contributed by atoms with E-state index in [0.29, 0.717) is 11.4 Å². The van der Waals surface area contributed by atoms with E-state index in [1.165, 1.54) is 24.4 Å². The summed E-state index contributed by atoms with van der Waals surface area (Å²) < 4.78 is 33.3. The quantitative estimate of drug-likeness (QED) is 0.618. The SMILES string of the molecule is CC(C)Oc1ccccc1NC(=O)c1ccnc(Nc2c(F)cccc2F)c1. The van der Waals surface area contributed by atoms with Crippen molar-refractivity contribution >= 4 is 23.1 Å². The molecule has 2 N–H and O–H groups in total. The zero-order chi connectivity index (χ0) is 20.1. The highest BCUT2D eigenvalue weighted by Gasteiger charge is 2.13. The molecule has 7 heteroatoms. The van der Waals surface area contributed by atoms with Gasteiger partial charge in [0.05, 0.1) is 11.8 Å². The average molecular weight is 383 g/mol. The number of carbonyl (C=O) groups is 1. The topological polar surface area (TPSA) is 63.2 Å². The maximum Gasteiger partial charge on any atom is 0.255 e. The summed E-state index contributed by atoms with van der Waals surface area (Å²) in [5, 5.41) is 5.35. The summed E-state index contributed by atoms with van der Waals surface area (Å²) in [4.78, 5) is 16.6. The number of pyridine rings is 1. The Bertz CT molecular complexity index is 973. The molecule has 0 saturated heterocycles. The monoisotopic (exact) mass is 383 g/mol. The summed E-state index contributed by atoms with van der Waals surface area (Å²) in [7, 11) is 0. The van der Waals surface area contributed by atoms with Gasteiger partial charge in [0.2, 0.25) is 0 Å². The van der Waals surface area contributed by atoms with Crippen molar-refractivity contribution in [1.82, 2.24) is 4.98 Å². The second kappa shape index (κ2) is 8.47. The molecule has 0 fully saturated rings. The fourth-order valence-electron chi connectivity index (χ4n) is 2.51. The lowest BCUT2D eigenvalue weighted by Gasteiger charge is -2.15. The summed E-state index contributed by atoms with van der Waals surface area (Å²) in [5.74, 6) is -1.22. The highest BCUT2D eigenvalue weighted by Crippen LogP contribution is 2.26. The molecule has 0 aliphatic rings. The number of benzene rings is 2. The Morgan fingerprint density at radius 3 is 2.46 bits per heavy atom. The number of halogens is 2. The van der Waals surface area contributed by atoms with Gasteiger partial charge in [-0.15, -0.1) is 0 Å². The van der Waals surface area contributed by atoms with Crippen LogP contribution in [0.15, 0.2) is 60.8 Å². The van der Waals surface area contributed by atoms with Crippen molar-refractivity contribution < 1.29 is 18.3 Å².